The van der Waals surface area contributed by atoms with Crippen LogP contribution < -0.4 is 5.32 Å². The minimum absolute atomic E-state index is 0.0766. The Balaban J connectivity index is 2.28. The molecule has 6 heteroatoms. The van der Waals surface area contributed by atoms with Gasteiger partial charge in [-0.15, -0.1) is 0 Å². The second-order valence-electron chi connectivity index (χ2n) is 4.59. The van der Waals surface area contributed by atoms with E-state index in [9.17, 15) is 8.42 Å². The summed E-state index contributed by atoms with van der Waals surface area (Å²) in [7, 11) is -1.64. The van der Waals surface area contributed by atoms with Gasteiger partial charge >= 0.3 is 0 Å². The van der Waals surface area contributed by atoms with Crippen molar-refractivity contribution in [2.24, 2.45) is 0 Å². The summed E-state index contributed by atoms with van der Waals surface area (Å²) in [6.07, 6.45) is 4.39. The summed E-state index contributed by atoms with van der Waals surface area (Å²) < 4.78 is 26.5. The molecule has 1 saturated heterocycles. The number of nitrogens with one attached hydrogen (secondary N) is 1. The Labute approximate surface area is 108 Å². The highest BCUT2D eigenvalue weighted by atomic mass is 32.2. The standard InChI is InChI=1S/C12H19N3O2S/c1-10-5-3-4-8-15(10)18(16,17)11-6-7-12(13-2)14-9-11/h6-7,9-10H,3-5,8H2,1-2H3,(H,13,14). The van der Waals surface area contributed by atoms with Crippen LogP contribution in [-0.2, 0) is 10.0 Å². The lowest BCUT2D eigenvalue weighted by Gasteiger charge is -2.32. The van der Waals surface area contributed by atoms with Crippen molar-refractivity contribution in [3.05, 3.63) is 18.3 Å². The van der Waals surface area contributed by atoms with Crippen molar-refractivity contribution in [1.29, 1.82) is 0 Å². The number of pyridine rings is 1. The van der Waals surface area contributed by atoms with Crippen LogP contribution in [0.1, 0.15) is 26.2 Å². The molecule has 1 aromatic heterocycles. The Morgan fingerprint density at radius 1 is 1.39 bits per heavy atom. The van der Waals surface area contributed by atoms with Crippen LogP contribution in [0.3, 0.4) is 0 Å². The zero-order valence-corrected chi connectivity index (χ0v) is 11.6. The van der Waals surface area contributed by atoms with Crippen LogP contribution in [0.5, 0.6) is 0 Å². The Kier molecular flexibility index (Phi) is 3.87. The molecule has 100 valence electrons. The molecule has 1 aromatic rings. The predicted octanol–water partition coefficient (Wildman–Crippen LogP) is 1.69. The highest BCUT2D eigenvalue weighted by molar-refractivity contribution is 7.89. The highest BCUT2D eigenvalue weighted by Gasteiger charge is 2.30. The predicted molar refractivity (Wildman–Crippen MR) is 71.0 cm³/mol. The second kappa shape index (κ2) is 5.24. The van der Waals surface area contributed by atoms with Gasteiger partial charge < -0.3 is 5.32 Å². The van der Waals surface area contributed by atoms with Gasteiger partial charge in [-0.05, 0) is 31.9 Å². The van der Waals surface area contributed by atoms with Crippen LogP contribution in [0.25, 0.3) is 0 Å². The van der Waals surface area contributed by atoms with Gasteiger partial charge in [-0.2, -0.15) is 4.31 Å². The monoisotopic (exact) mass is 269 g/mol. The van der Waals surface area contributed by atoms with Gasteiger partial charge in [0, 0.05) is 25.8 Å². The summed E-state index contributed by atoms with van der Waals surface area (Å²) in [6.45, 7) is 2.57. The molecule has 1 fully saturated rings. The van der Waals surface area contributed by atoms with E-state index in [2.05, 4.69) is 10.3 Å². The van der Waals surface area contributed by atoms with Crippen LogP contribution in [0.4, 0.5) is 5.82 Å². The van der Waals surface area contributed by atoms with E-state index in [1.54, 1.807) is 23.5 Å². The summed E-state index contributed by atoms with van der Waals surface area (Å²) in [5.74, 6) is 0.667. The lowest BCUT2D eigenvalue weighted by Crippen LogP contribution is -2.41. The van der Waals surface area contributed by atoms with Gasteiger partial charge in [-0.3, -0.25) is 0 Å². The van der Waals surface area contributed by atoms with Gasteiger partial charge in [0.2, 0.25) is 10.0 Å². The Bertz CT molecular complexity index is 499. The number of sulfonamides is 1. The molecule has 1 atom stereocenters. The van der Waals surface area contributed by atoms with E-state index < -0.39 is 10.0 Å². The topological polar surface area (TPSA) is 62.3 Å². The minimum Gasteiger partial charge on any atom is -0.373 e. The van der Waals surface area contributed by atoms with E-state index in [1.165, 1.54) is 6.20 Å². The molecule has 5 nitrogen and oxygen atoms in total. The molecular weight excluding hydrogens is 250 g/mol. The quantitative estimate of drug-likeness (QED) is 0.907. The van der Waals surface area contributed by atoms with Crippen molar-refractivity contribution in [1.82, 2.24) is 9.29 Å². The highest BCUT2D eigenvalue weighted by Crippen LogP contribution is 2.24. The van der Waals surface area contributed by atoms with Crippen molar-refractivity contribution in [3.8, 4) is 0 Å². The zero-order chi connectivity index (χ0) is 13.2. The molecule has 1 N–H and O–H groups in total. The number of hydrogen-bond donors (Lipinski definition) is 1. The third kappa shape index (κ3) is 2.49. The van der Waals surface area contributed by atoms with Crippen LogP contribution in [0, 0.1) is 0 Å². The summed E-state index contributed by atoms with van der Waals surface area (Å²) in [5.41, 5.74) is 0. The number of piperidine rings is 1. The molecule has 0 radical (unpaired) electrons. The van der Waals surface area contributed by atoms with E-state index in [0.717, 1.165) is 19.3 Å². The summed E-state index contributed by atoms with van der Waals surface area (Å²) in [5, 5.41) is 2.87. The maximum atomic E-state index is 12.5. The van der Waals surface area contributed by atoms with Gasteiger partial charge in [0.25, 0.3) is 0 Å². The molecule has 0 saturated carbocycles. The molecule has 0 aliphatic carbocycles. The van der Waals surface area contributed by atoms with Crippen LogP contribution >= 0.6 is 0 Å². The molecule has 0 bridgehead atoms. The maximum absolute atomic E-state index is 12.5. The van der Waals surface area contributed by atoms with Crippen molar-refractivity contribution < 1.29 is 8.42 Å². The summed E-state index contributed by atoms with van der Waals surface area (Å²) in [4.78, 5) is 4.34. The fraction of sp³-hybridized carbons (Fsp3) is 0.583. The largest absolute Gasteiger partial charge is 0.373 e. The molecule has 18 heavy (non-hydrogen) atoms. The first-order chi connectivity index (χ1) is 8.55. The fourth-order valence-corrected chi connectivity index (χ4v) is 3.89. The average Bonchev–Trinajstić information content (AvgIpc) is 2.39. The first-order valence-electron chi connectivity index (χ1n) is 6.21. The zero-order valence-electron chi connectivity index (χ0n) is 10.8. The molecule has 1 aliphatic heterocycles. The van der Waals surface area contributed by atoms with E-state index in [4.69, 9.17) is 0 Å². The molecule has 0 amide bonds. The molecular formula is C12H19N3O2S. The summed E-state index contributed by atoms with van der Waals surface area (Å²) >= 11 is 0. The van der Waals surface area contributed by atoms with E-state index in [-0.39, 0.29) is 10.9 Å². The molecule has 1 aliphatic rings. The third-order valence-electron chi connectivity index (χ3n) is 3.34. The Morgan fingerprint density at radius 3 is 2.72 bits per heavy atom. The first-order valence-corrected chi connectivity index (χ1v) is 7.65. The maximum Gasteiger partial charge on any atom is 0.244 e. The molecule has 2 rings (SSSR count). The van der Waals surface area contributed by atoms with Gasteiger partial charge in [-0.1, -0.05) is 6.42 Å². The van der Waals surface area contributed by atoms with Crippen molar-refractivity contribution in [2.45, 2.75) is 37.1 Å². The third-order valence-corrected chi connectivity index (χ3v) is 5.34. The van der Waals surface area contributed by atoms with Crippen molar-refractivity contribution in [2.75, 3.05) is 18.9 Å². The molecule has 2 heterocycles. The van der Waals surface area contributed by atoms with Crippen LogP contribution in [0.15, 0.2) is 23.2 Å². The summed E-state index contributed by atoms with van der Waals surface area (Å²) in [6, 6.07) is 3.37. The molecule has 0 spiro atoms. The molecule has 0 aromatic carbocycles. The average molecular weight is 269 g/mol. The Morgan fingerprint density at radius 2 is 2.17 bits per heavy atom. The van der Waals surface area contributed by atoms with Crippen molar-refractivity contribution >= 4 is 15.8 Å². The van der Waals surface area contributed by atoms with Gasteiger partial charge in [0.15, 0.2) is 0 Å². The van der Waals surface area contributed by atoms with Gasteiger partial charge in [0.05, 0.1) is 0 Å². The number of anilines is 1. The minimum atomic E-state index is -3.39. The van der Waals surface area contributed by atoms with E-state index in [1.807, 2.05) is 6.92 Å². The first kappa shape index (κ1) is 13.3. The molecule has 1 unspecified atom stereocenters. The van der Waals surface area contributed by atoms with E-state index in [0.29, 0.717) is 12.4 Å². The van der Waals surface area contributed by atoms with E-state index >= 15 is 0 Å². The van der Waals surface area contributed by atoms with Crippen LogP contribution in [0.2, 0.25) is 0 Å². The normalized spacial score (nSPS) is 21.8. The smallest absolute Gasteiger partial charge is 0.244 e. The number of aromatic nitrogens is 1. The number of rotatable bonds is 3. The van der Waals surface area contributed by atoms with Gasteiger partial charge in [-0.25, -0.2) is 13.4 Å². The SMILES string of the molecule is CNc1ccc(S(=O)(=O)N2CCCCC2C)cn1. The van der Waals surface area contributed by atoms with Gasteiger partial charge in [0.1, 0.15) is 10.7 Å². The fourth-order valence-electron chi connectivity index (χ4n) is 2.25. The number of nitrogens with zero attached hydrogens (tertiary/aromatic N) is 2. The van der Waals surface area contributed by atoms with Crippen molar-refractivity contribution in [3.63, 3.8) is 0 Å². The Hall–Kier alpha value is -1.14. The second-order valence-corrected chi connectivity index (χ2v) is 6.48. The lowest BCUT2D eigenvalue weighted by molar-refractivity contribution is 0.268. The lowest BCUT2D eigenvalue weighted by atomic mass is 10.1. The number of hydrogen-bond acceptors (Lipinski definition) is 4. The van der Waals surface area contributed by atoms with Crippen LogP contribution in [-0.4, -0.2) is 37.3 Å².